The van der Waals surface area contributed by atoms with Crippen molar-refractivity contribution in [1.82, 2.24) is 4.98 Å². The van der Waals surface area contributed by atoms with Gasteiger partial charge in [-0.15, -0.1) is 0 Å². The van der Waals surface area contributed by atoms with Crippen molar-refractivity contribution in [2.24, 2.45) is 5.73 Å². The van der Waals surface area contributed by atoms with E-state index in [4.69, 9.17) is 17.3 Å². The molecule has 0 aliphatic rings. The van der Waals surface area contributed by atoms with Crippen molar-refractivity contribution in [3.05, 3.63) is 29.0 Å². The van der Waals surface area contributed by atoms with Crippen LogP contribution in [-0.4, -0.2) is 16.8 Å². The molecule has 1 aromatic rings. The Morgan fingerprint density at radius 3 is 3.07 bits per heavy atom. The largest absolute Gasteiger partial charge is 0.330 e. The number of halogens is 1. The number of nitrogens with zero attached hydrogens (tertiary/aromatic N) is 1. The van der Waals surface area contributed by atoms with Crippen LogP contribution in [0.4, 0.5) is 0 Å². The second kappa shape index (κ2) is 6.27. The van der Waals surface area contributed by atoms with E-state index in [2.05, 4.69) is 11.9 Å². The Labute approximate surface area is 94.2 Å². The average molecular weight is 231 g/mol. The van der Waals surface area contributed by atoms with Gasteiger partial charge in [0.25, 0.3) is 0 Å². The standard InChI is InChI=1S/C10H15ClN2S/c1-8(2-4-12)14-7-9-3-5-13-6-10(9)11/h3,5-6,8H,2,4,7,12H2,1H3. The van der Waals surface area contributed by atoms with Gasteiger partial charge in [0.1, 0.15) is 0 Å². The molecular formula is C10H15ClN2S. The van der Waals surface area contributed by atoms with Crippen LogP contribution in [0.15, 0.2) is 18.5 Å². The number of rotatable bonds is 5. The third-order valence-corrected chi connectivity index (χ3v) is 3.58. The molecule has 78 valence electrons. The van der Waals surface area contributed by atoms with Crippen molar-refractivity contribution in [3.8, 4) is 0 Å². The molecule has 2 N–H and O–H groups in total. The summed E-state index contributed by atoms with van der Waals surface area (Å²) >= 11 is 7.86. The van der Waals surface area contributed by atoms with E-state index in [1.54, 1.807) is 12.4 Å². The summed E-state index contributed by atoms with van der Waals surface area (Å²) in [5.74, 6) is 0.933. The smallest absolute Gasteiger partial charge is 0.0629 e. The van der Waals surface area contributed by atoms with Crippen molar-refractivity contribution >= 4 is 23.4 Å². The summed E-state index contributed by atoms with van der Waals surface area (Å²) in [6.45, 7) is 2.94. The van der Waals surface area contributed by atoms with Crippen LogP contribution in [-0.2, 0) is 5.75 Å². The molecule has 0 saturated carbocycles. The van der Waals surface area contributed by atoms with Gasteiger partial charge in [-0.2, -0.15) is 11.8 Å². The maximum absolute atomic E-state index is 5.98. The first kappa shape index (κ1) is 11.8. The summed E-state index contributed by atoms with van der Waals surface area (Å²) in [4.78, 5) is 3.95. The van der Waals surface area contributed by atoms with E-state index in [-0.39, 0.29) is 0 Å². The predicted octanol–water partition coefficient (Wildman–Crippen LogP) is 2.71. The molecule has 0 spiro atoms. The molecule has 1 rings (SSSR count). The van der Waals surface area contributed by atoms with Crippen molar-refractivity contribution < 1.29 is 0 Å². The fourth-order valence-corrected chi connectivity index (χ4v) is 2.36. The Kier molecular flexibility index (Phi) is 5.30. The van der Waals surface area contributed by atoms with E-state index in [1.807, 2.05) is 17.8 Å². The highest BCUT2D eigenvalue weighted by Crippen LogP contribution is 2.23. The molecule has 0 bridgehead atoms. The van der Waals surface area contributed by atoms with Crippen molar-refractivity contribution in [2.75, 3.05) is 6.54 Å². The molecule has 1 unspecified atom stereocenters. The maximum Gasteiger partial charge on any atom is 0.0629 e. The summed E-state index contributed by atoms with van der Waals surface area (Å²) < 4.78 is 0. The number of thioether (sulfide) groups is 1. The highest BCUT2D eigenvalue weighted by atomic mass is 35.5. The lowest BCUT2D eigenvalue weighted by Crippen LogP contribution is -2.07. The van der Waals surface area contributed by atoms with Crippen LogP contribution in [0, 0.1) is 0 Å². The lowest BCUT2D eigenvalue weighted by atomic mass is 10.3. The normalized spacial score (nSPS) is 12.8. The molecule has 0 aromatic carbocycles. The van der Waals surface area contributed by atoms with Crippen LogP contribution in [0.2, 0.25) is 5.02 Å². The minimum Gasteiger partial charge on any atom is -0.330 e. The minimum atomic E-state index is 0.587. The fourth-order valence-electron chi connectivity index (χ4n) is 1.07. The number of aromatic nitrogens is 1. The van der Waals surface area contributed by atoms with Gasteiger partial charge in [-0.05, 0) is 24.6 Å². The third kappa shape index (κ3) is 3.86. The van der Waals surface area contributed by atoms with E-state index in [0.29, 0.717) is 5.25 Å². The third-order valence-electron chi connectivity index (χ3n) is 1.95. The molecule has 1 atom stereocenters. The zero-order chi connectivity index (χ0) is 10.4. The number of hydrogen-bond donors (Lipinski definition) is 1. The van der Waals surface area contributed by atoms with Gasteiger partial charge >= 0.3 is 0 Å². The monoisotopic (exact) mass is 230 g/mol. The van der Waals surface area contributed by atoms with Crippen LogP contribution in [0.3, 0.4) is 0 Å². The van der Waals surface area contributed by atoms with Gasteiger partial charge in [0, 0.05) is 23.4 Å². The Balaban J connectivity index is 2.41. The van der Waals surface area contributed by atoms with Gasteiger partial charge in [-0.3, -0.25) is 4.98 Å². The zero-order valence-corrected chi connectivity index (χ0v) is 9.81. The quantitative estimate of drug-likeness (QED) is 0.846. The van der Waals surface area contributed by atoms with E-state index in [9.17, 15) is 0 Å². The lowest BCUT2D eigenvalue weighted by Gasteiger charge is -2.09. The van der Waals surface area contributed by atoms with Crippen LogP contribution in [0.25, 0.3) is 0 Å². The van der Waals surface area contributed by atoms with E-state index in [1.165, 1.54) is 0 Å². The van der Waals surface area contributed by atoms with Gasteiger partial charge < -0.3 is 5.73 Å². The van der Waals surface area contributed by atoms with Crippen LogP contribution in [0.5, 0.6) is 0 Å². The van der Waals surface area contributed by atoms with Crippen molar-refractivity contribution in [3.63, 3.8) is 0 Å². The Bertz CT molecular complexity index is 281. The molecular weight excluding hydrogens is 216 g/mol. The molecule has 0 saturated heterocycles. The number of nitrogens with two attached hydrogens (primary N) is 1. The summed E-state index contributed by atoms with van der Waals surface area (Å²) in [6, 6.07) is 1.96. The fraction of sp³-hybridized carbons (Fsp3) is 0.500. The Hall–Kier alpha value is -0.250. The van der Waals surface area contributed by atoms with Crippen LogP contribution >= 0.6 is 23.4 Å². The van der Waals surface area contributed by atoms with E-state index < -0.39 is 0 Å². The molecule has 14 heavy (non-hydrogen) atoms. The summed E-state index contributed by atoms with van der Waals surface area (Å²) in [7, 11) is 0. The van der Waals surface area contributed by atoms with Crippen molar-refractivity contribution in [1.29, 1.82) is 0 Å². The highest BCUT2D eigenvalue weighted by molar-refractivity contribution is 7.99. The molecule has 0 radical (unpaired) electrons. The molecule has 1 heterocycles. The first-order valence-corrected chi connectivity index (χ1v) is 6.06. The van der Waals surface area contributed by atoms with Gasteiger partial charge in [0.2, 0.25) is 0 Å². The average Bonchev–Trinajstić information content (AvgIpc) is 2.17. The van der Waals surface area contributed by atoms with E-state index >= 15 is 0 Å². The first-order chi connectivity index (χ1) is 6.74. The molecule has 1 aromatic heterocycles. The van der Waals surface area contributed by atoms with Crippen LogP contribution in [0.1, 0.15) is 18.9 Å². The molecule has 0 aliphatic carbocycles. The summed E-state index contributed by atoms with van der Waals surface area (Å²) in [5.41, 5.74) is 6.63. The second-order valence-corrected chi connectivity index (χ2v) is 5.00. The van der Waals surface area contributed by atoms with Gasteiger partial charge in [-0.1, -0.05) is 18.5 Å². The molecule has 2 nitrogen and oxygen atoms in total. The van der Waals surface area contributed by atoms with E-state index in [0.717, 1.165) is 29.3 Å². The summed E-state index contributed by atoms with van der Waals surface area (Å²) in [5, 5.41) is 1.34. The topological polar surface area (TPSA) is 38.9 Å². The summed E-state index contributed by atoms with van der Waals surface area (Å²) in [6.07, 6.45) is 4.51. The lowest BCUT2D eigenvalue weighted by molar-refractivity contribution is 0.823. The molecule has 0 fully saturated rings. The SMILES string of the molecule is CC(CCN)SCc1ccncc1Cl. The van der Waals surface area contributed by atoms with Crippen molar-refractivity contribution in [2.45, 2.75) is 24.3 Å². The van der Waals surface area contributed by atoms with Gasteiger partial charge in [-0.25, -0.2) is 0 Å². The van der Waals surface area contributed by atoms with Gasteiger partial charge in [0.05, 0.1) is 5.02 Å². The number of hydrogen-bond acceptors (Lipinski definition) is 3. The predicted molar refractivity (Wildman–Crippen MR) is 63.7 cm³/mol. The molecule has 0 aliphatic heterocycles. The first-order valence-electron chi connectivity index (χ1n) is 4.64. The zero-order valence-electron chi connectivity index (χ0n) is 8.24. The maximum atomic E-state index is 5.98. The molecule has 4 heteroatoms. The second-order valence-electron chi connectivity index (χ2n) is 3.17. The molecule has 0 amide bonds. The Morgan fingerprint density at radius 1 is 1.64 bits per heavy atom. The number of pyridine rings is 1. The highest BCUT2D eigenvalue weighted by Gasteiger charge is 2.04. The minimum absolute atomic E-state index is 0.587. The Morgan fingerprint density at radius 2 is 2.43 bits per heavy atom. The van der Waals surface area contributed by atoms with Crippen LogP contribution < -0.4 is 5.73 Å². The van der Waals surface area contributed by atoms with Gasteiger partial charge in [0.15, 0.2) is 0 Å².